The lowest BCUT2D eigenvalue weighted by Crippen LogP contribution is -2.48. The van der Waals surface area contributed by atoms with Gasteiger partial charge < -0.3 is 14.6 Å². The molecule has 1 saturated heterocycles. The fourth-order valence-electron chi connectivity index (χ4n) is 4.86. The van der Waals surface area contributed by atoms with E-state index in [1.165, 1.54) is 6.20 Å². The smallest absolute Gasteiger partial charge is 0.341 e. The molecule has 0 spiro atoms. The number of aromatic nitrogens is 1. The van der Waals surface area contributed by atoms with Gasteiger partial charge in [-0.25, -0.2) is 9.18 Å². The minimum Gasteiger partial charge on any atom is -0.477 e. The number of fused-ring (bicyclic) bond motifs is 2. The standard InChI is InChI=1S/C28H26FN3O4/c1-2-31-16-22(28(35)36)27(34)21-14-23(29)25(15-24(21)31)32-11-9-30(10-12-32)17-26(33)20-8-7-18-5-3-4-6-19(18)13-20/h3-8,13-16H,2,9-12,17H2,1H3,(H,35,36). The van der Waals surface area contributed by atoms with Crippen molar-refractivity contribution in [3.63, 3.8) is 0 Å². The molecule has 1 fully saturated rings. The predicted molar refractivity (Wildman–Crippen MR) is 138 cm³/mol. The number of benzene rings is 3. The maximum absolute atomic E-state index is 15.1. The molecule has 8 heteroatoms. The third kappa shape index (κ3) is 4.35. The van der Waals surface area contributed by atoms with Crippen molar-refractivity contribution in [1.29, 1.82) is 0 Å². The lowest BCUT2D eigenvalue weighted by atomic mass is 10.0. The number of pyridine rings is 1. The predicted octanol–water partition coefficient (Wildman–Crippen LogP) is 4.02. The largest absolute Gasteiger partial charge is 0.477 e. The second kappa shape index (κ2) is 9.54. The Balaban J connectivity index is 1.32. The van der Waals surface area contributed by atoms with Gasteiger partial charge in [-0.3, -0.25) is 14.5 Å². The van der Waals surface area contributed by atoms with Crippen molar-refractivity contribution in [2.75, 3.05) is 37.6 Å². The summed E-state index contributed by atoms with van der Waals surface area (Å²) in [6, 6.07) is 16.4. The highest BCUT2D eigenvalue weighted by Crippen LogP contribution is 2.26. The van der Waals surface area contributed by atoms with Crippen LogP contribution in [0.4, 0.5) is 10.1 Å². The Morgan fingerprint density at radius 3 is 2.39 bits per heavy atom. The van der Waals surface area contributed by atoms with Crippen LogP contribution in [-0.2, 0) is 6.54 Å². The average molecular weight is 488 g/mol. The molecule has 0 amide bonds. The molecule has 0 unspecified atom stereocenters. The third-order valence-electron chi connectivity index (χ3n) is 6.87. The lowest BCUT2D eigenvalue weighted by molar-refractivity contribution is 0.0694. The third-order valence-corrected chi connectivity index (χ3v) is 6.87. The first-order chi connectivity index (χ1) is 17.4. The topological polar surface area (TPSA) is 82.8 Å². The van der Waals surface area contributed by atoms with E-state index in [4.69, 9.17) is 0 Å². The van der Waals surface area contributed by atoms with Crippen molar-refractivity contribution < 1.29 is 19.1 Å². The van der Waals surface area contributed by atoms with E-state index in [-0.39, 0.29) is 16.7 Å². The van der Waals surface area contributed by atoms with Gasteiger partial charge in [-0.05, 0) is 35.9 Å². The Bertz CT molecular complexity index is 1550. The van der Waals surface area contributed by atoms with Crippen LogP contribution >= 0.6 is 0 Å². The zero-order valence-electron chi connectivity index (χ0n) is 19.9. The molecule has 5 rings (SSSR count). The fraction of sp³-hybridized carbons (Fsp3) is 0.250. The number of rotatable bonds is 6. The zero-order chi connectivity index (χ0) is 25.4. The quantitative estimate of drug-likeness (QED) is 0.414. The van der Waals surface area contributed by atoms with Crippen LogP contribution in [0.1, 0.15) is 27.6 Å². The molecule has 7 nitrogen and oxygen atoms in total. The molecule has 2 heterocycles. The van der Waals surface area contributed by atoms with Crippen molar-refractivity contribution in [1.82, 2.24) is 9.47 Å². The van der Waals surface area contributed by atoms with E-state index < -0.39 is 17.2 Å². The molecule has 1 aliphatic heterocycles. The summed E-state index contributed by atoms with van der Waals surface area (Å²) in [6.07, 6.45) is 1.31. The van der Waals surface area contributed by atoms with Gasteiger partial charge in [-0.1, -0.05) is 36.4 Å². The van der Waals surface area contributed by atoms with Crippen molar-refractivity contribution in [3.05, 3.63) is 88.0 Å². The summed E-state index contributed by atoms with van der Waals surface area (Å²) in [5.74, 6) is -1.85. The van der Waals surface area contributed by atoms with Crippen LogP contribution in [0.2, 0.25) is 0 Å². The molecule has 0 saturated carbocycles. The normalized spacial score (nSPS) is 14.4. The highest BCUT2D eigenvalue weighted by molar-refractivity contribution is 6.01. The second-order valence-corrected chi connectivity index (χ2v) is 9.03. The van der Waals surface area contributed by atoms with Crippen LogP contribution < -0.4 is 10.3 Å². The number of anilines is 1. The summed E-state index contributed by atoms with van der Waals surface area (Å²) in [5, 5.41) is 11.5. The number of aryl methyl sites for hydroxylation is 1. The van der Waals surface area contributed by atoms with Gasteiger partial charge in [-0.15, -0.1) is 0 Å². The summed E-state index contributed by atoms with van der Waals surface area (Å²) in [7, 11) is 0. The number of carboxylic acid groups (broad SMARTS) is 1. The molecule has 1 N–H and O–H groups in total. The van der Waals surface area contributed by atoms with Crippen LogP contribution in [-0.4, -0.2) is 59.0 Å². The minimum absolute atomic E-state index is 0.0484. The zero-order valence-corrected chi connectivity index (χ0v) is 19.9. The van der Waals surface area contributed by atoms with Gasteiger partial charge in [0, 0.05) is 49.9 Å². The number of hydrogen-bond donors (Lipinski definition) is 1. The Hall–Kier alpha value is -4.04. The van der Waals surface area contributed by atoms with E-state index in [9.17, 15) is 19.5 Å². The number of carbonyl (C=O) groups is 2. The molecule has 0 atom stereocenters. The number of carboxylic acids is 1. The van der Waals surface area contributed by atoms with E-state index in [0.29, 0.717) is 56.0 Å². The van der Waals surface area contributed by atoms with E-state index in [0.717, 1.165) is 16.8 Å². The van der Waals surface area contributed by atoms with Gasteiger partial charge >= 0.3 is 5.97 Å². The van der Waals surface area contributed by atoms with Crippen LogP contribution in [0.15, 0.2) is 65.6 Å². The van der Waals surface area contributed by atoms with Gasteiger partial charge in [0.25, 0.3) is 0 Å². The molecular weight excluding hydrogens is 461 g/mol. The molecule has 4 aromatic rings. The summed E-state index contributed by atoms with van der Waals surface area (Å²) >= 11 is 0. The van der Waals surface area contributed by atoms with E-state index >= 15 is 4.39 Å². The minimum atomic E-state index is -1.33. The van der Waals surface area contributed by atoms with E-state index in [2.05, 4.69) is 4.90 Å². The summed E-state index contributed by atoms with van der Waals surface area (Å²) < 4.78 is 16.8. The van der Waals surface area contributed by atoms with Crippen molar-refractivity contribution >= 4 is 39.1 Å². The maximum atomic E-state index is 15.1. The Morgan fingerprint density at radius 2 is 1.69 bits per heavy atom. The number of aromatic carboxylic acids is 1. The van der Waals surface area contributed by atoms with Gasteiger partial charge in [0.2, 0.25) is 5.43 Å². The molecular formula is C28H26FN3O4. The molecule has 0 aliphatic carbocycles. The van der Waals surface area contributed by atoms with Crippen molar-refractivity contribution in [3.8, 4) is 0 Å². The summed E-state index contributed by atoms with van der Waals surface area (Å²) in [5.41, 5.74) is 0.478. The molecule has 0 bridgehead atoms. The van der Waals surface area contributed by atoms with Gasteiger partial charge in [0.05, 0.1) is 17.7 Å². The molecule has 0 radical (unpaired) electrons. The highest BCUT2D eigenvalue weighted by atomic mass is 19.1. The van der Waals surface area contributed by atoms with Crippen molar-refractivity contribution in [2.45, 2.75) is 13.5 Å². The molecule has 3 aromatic carbocycles. The van der Waals surface area contributed by atoms with Gasteiger partial charge in [0.15, 0.2) is 5.78 Å². The average Bonchev–Trinajstić information content (AvgIpc) is 2.89. The summed E-state index contributed by atoms with van der Waals surface area (Å²) in [6.45, 7) is 4.80. The number of halogens is 1. The molecule has 36 heavy (non-hydrogen) atoms. The Labute approximate surface area is 207 Å². The fourth-order valence-corrected chi connectivity index (χ4v) is 4.86. The number of hydrogen-bond acceptors (Lipinski definition) is 5. The lowest BCUT2D eigenvalue weighted by Gasteiger charge is -2.36. The summed E-state index contributed by atoms with van der Waals surface area (Å²) in [4.78, 5) is 40.9. The number of ketones is 1. The number of nitrogens with zero attached hydrogens (tertiary/aromatic N) is 3. The second-order valence-electron chi connectivity index (χ2n) is 9.03. The number of piperazine rings is 1. The van der Waals surface area contributed by atoms with Crippen LogP contribution in [0.5, 0.6) is 0 Å². The monoisotopic (exact) mass is 487 g/mol. The van der Waals surface area contributed by atoms with Gasteiger partial charge in [-0.2, -0.15) is 0 Å². The maximum Gasteiger partial charge on any atom is 0.341 e. The van der Waals surface area contributed by atoms with Crippen LogP contribution in [0, 0.1) is 5.82 Å². The first-order valence-electron chi connectivity index (χ1n) is 11.9. The van der Waals surface area contributed by atoms with Crippen LogP contribution in [0.3, 0.4) is 0 Å². The first-order valence-corrected chi connectivity index (χ1v) is 11.9. The molecule has 184 valence electrons. The Kier molecular flexibility index (Phi) is 6.28. The number of carbonyl (C=O) groups excluding carboxylic acids is 1. The van der Waals surface area contributed by atoms with E-state index in [1.54, 1.807) is 10.6 Å². The first kappa shape index (κ1) is 23.7. The molecule has 1 aromatic heterocycles. The van der Waals surface area contributed by atoms with E-state index in [1.807, 2.05) is 54.3 Å². The van der Waals surface area contributed by atoms with Crippen LogP contribution in [0.25, 0.3) is 21.7 Å². The highest BCUT2D eigenvalue weighted by Gasteiger charge is 2.24. The SMILES string of the molecule is CCn1cc(C(=O)O)c(=O)c2cc(F)c(N3CCN(CC(=O)c4ccc5ccccc5c4)CC3)cc21. The Morgan fingerprint density at radius 1 is 0.972 bits per heavy atom. The van der Waals surface area contributed by atoms with Crippen molar-refractivity contribution in [2.24, 2.45) is 0 Å². The number of Topliss-reactive ketones (excluding diaryl/α,β-unsaturated/α-hetero) is 1. The van der Waals surface area contributed by atoms with Gasteiger partial charge in [0.1, 0.15) is 11.4 Å². The molecule has 1 aliphatic rings.